The summed E-state index contributed by atoms with van der Waals surface area (Å²) in [7, 11) is 0. The van der Waals surface area contributed by atoms with E-state index in [2.05, 4.69) is 10.3 Å². The van der Waals surface area contributed by atoms with Gasteiger partial charge in [-0.2, -0.15) is 0 Å². The second kappa shape index (κ2) is 5.23. The molecule has 2 unspecified atom stereocenters. The van der Waals surface area contributed by atoms with Crippen molar-refractivity contribution in [2.24, 2.45) is 0 Å². The standard InChI is InChI=1S/C15H13ClN2O2/c16-13-7-3-6-11(17-13)15(20)18-14-10-5-2-1-4-9(10)8-12(14)19/h1-7,12,14,19H,8H2,(H,18,20). The van der Waals surface area contributed by atoms with E-state index < -0.39 is 12.1 Å². The number of aliphatic hydroxyl groups excluding tert-OH is 1. The number of halogens is 1. The summed E-state index contributed by atoms with van der Waals surface area (Å²) in [5, 5.41) is 13.2. The predicted octanol–water partition coefficient (Wildman–Crippen LogP) is 2.12. The molecule has 1 heterocycles. The Morgan fingerprint density at radius 3 is 2.85 bits per heavy atom. The number of aliphatic hydroxyl groups is 1. The van der Waals surface area contributed by atoms with Crippen molar-refractivity contribution in [1.29, 1.82) is 0 Å². The summed E-state index contributed by atoms with van der Waals surface area (Å²) in [4.78, 5) is 16.1. The van der Waals surface area contributed by atoms with Gasteiger partial charge in [0, 0.05) is 6.42 Å². The molecule has 0 saturated heterocycles. The zero-order chi connectivity index (χ0) is 14.1. The molecule has 1 aromatic carbocycles. The molecule has 0 saturated carbocycles. The molecule has 4 nitrogen and oxygen atoms in total. The van der Waals surface area contributed by atoms with Gasteiger partial charge >= 0.3 is 0 Å². The van der Waals surface area contributed by atoms with Crippen LogP contribution in [-0.4, -0.2) is 22.1 Å². The number of rotatable bonds is 2. The van der Waals surface area contributed by atoms with Gasteiger partial charge in [0.15, 0.2) is 0 Å². The molecule has 2 aromatic rings. The Hall–Kier alpha value is -1.91. The lowest BCUT2D eigenvalue weighted by atomic mass is 10.1. The SMILES string of the molecule is O=C(NC1c2ccccc2CC1O)c1cccc(Cl)n1. The number of hydrogen-bond acceptors (Lipinski definition) is 3. The molecule has 0 radical (unpaired) electrons. The van der Waals surface area contributed by atoms with Crippen molar-refractivity contribution in [3.63, 3.8) is 0 Å². The Bertz CT molecular complexity index is 660. The predicted molar refractivity (Wildman–Crippen MR) is 75.6 cm³/mol. The highest BCUT2D eigenvalue weighted by atomic mass is 35.5. The van der Waals surface area contributed by atoms with E-state index in [0.29, 0.717) is 6.42 Å². The van der Waals surface area contributed by atoms with Crippen molar-refractivity contribution in [1.82, 2.24) is 10.3 Å². The average Bonchev–Trinajstić information content (AvgIpc) is 2.75. The Labute approximate surface area is 121 Å². The third-order valence-corrected chi connectivity index (χ3v) is 3.65. The van der Waals surface area contributed by atoms with Gasteiger partial charge in [0.2, 0.25) is 0 Å². The summed E-state index contributed by atoms with van der Waals surface area (Å²) in [6.07, 6.45) is -0.0695. The lowest BCUT2D eigenvalue weighted by Crippen LogP contribution is -2.34. The number of aromatic nitrogens is 1. The van der Waals surface area contributed by atoms with Gasteiger partial charge in [0.1, 0.15) is 10.8 Å². The number of nitrogens with zero attached hydrogens (tertiary/aromatic N) is 1. The minimum atomic E-state index is -0.615. The van der Waals surface area contributed by atoms with Crippen LogP contribution in [0.1, 0.15) is 27.7 Å². The molecule has 0 spiro atoms. The highest BCUT2D eigenvalue weighted by molar-refractivity contribution is 6.29. The first-order chi connectivity index (χ1) is 9.65. The highest BCUT2D eigenvalue weighted by Gasteiger charge is 2.32. The molecule has 1 aromatic heterocycles. The Balaban J connectivity index is 1.83. The zero-order valence-corrected chi connectivity index (χ0v) is 11.3. The van der Waals surface area contributed by atoms with Gasteiger partial charge in [-0.1, -0.05) is 41.9 Å². The van der Waals surface area contributed by atoms with Crippen LogP contribution in [0.4, 0.5) is 0 Å². The van der Waals surface area contributed by atoms with Crippen LogP contribution in [0, 0.1) is 0 Å². The van der Waals surface area contributed by atoms with Crippen LogP contribution in [0.5, 0.6) is 0 Å². The minimum Gasteiger partial charge on any atom is -0.390 e. The van der Waals surface area contributed by atoms with E-state index in [9.17, 15) is 9.90 Å². The Kier molecular flexibility index (Phi) is 3.42. The average molecular weight is 289 g/mol. The van der Waals surface area contributed by atoms with Gasteiger partial charge in [-0.3, -0.25) is 4.79 Å². The molecule has 0 fully saturated rings. The van der Waals surface area contributed by atoms with E-state index in [1.807, 2.05) is 24.3 Å². The minimum absolute atomic E-state index is 0.245. The number of amides is 1. The Morgan fingerprint density at radius 2 is 2.05 bits per heavy atom. The van der Waals surface area contributed by atoms with Crippen molar-refractivity contribution >= 4 is 17.5 Å². The molecule has 20 heavy (non-hydrogen) atoms. The molecule has 2 N–H and O–H groups in total. The number of nitrogens with one attached hydrogen (secondary N) is 1. The highest BCUT2D eigenvalue weighted by Crippen LogP contribution is 2.31. The lowest BCUT2D eigenvalue weighted by molar-refractivity contribution is 0.0853. The number of fused-ring (bicyclic) bond motifs is 1. The summed E-state index contributed by atoms with van der Waals surface area (Å²) < 4.78 is 0. The third-order valence-electron chi connectivity index (χ3n) is 3.44. The number of benzene rings is 1. The zero-order valence-electron chi connectivity index (χ0n) is 10.6. The van der Waals surface area contributed by atoms with Gasteiger partial charge < -0.3 is 10.4 Å². The summed E-state index contributed by atoms with van der Waals surface area (Å²) in [6.45, 7) is 0. The van der Waals surface area contributed by atoms with Crippen LogP contribution in [0.15, 0.2) is 42.5 Å². The van der Waals surface area contributed by atoms with Crippen molar-refractivity contribution in [3.05, 3.63) is 64.4 Å². The molecular formula is C15H13ClN2O2. The normalized spacial score (nSPS) is 20.5. The quantitative estimate of drug-likeness (QED) is 0.832. The fraction of sp³-hybridized carbons (Fsp3) is 0.200. The molecular weight excluding hydrogens is 276 g/mol. The summed E-state index contributed by atoms with van der Waals surface area (Å²) in [5.74, 6) is -0.340. The van der Waals surface area contributed by atoms with Crippen molar-refractivity contribution < 1.29 is 9.90 Å². The van der Waals surface area contributed by atoms with Crippen LogP contribution >= 0.6 is 11.6 Å². The lowest BCUT2D eigenvalue weighted by Gasteiger charge is -2.17. The van der Waals surface area contributed by atoms with Gasteiger partial charge in [-0.05, 0) is 23.3 Å². The van der Waals surface area contributed by atoms with Crippen LogP contribution < -0.4 is 5.32 Å². The molecule has 1 aliphatic carbocycles. The summed E-state index contributed by atoms with van der Waals surface area (Å²) in [5.41, 5.74) is 2.26. The van der Waals surface area contributed by atoms with E-state index in [0.717, 1.165) is 11.1 Å². The van der Waals surface area contributed by atoms with Gasteiger partial charge in [-0.25, -0.2) is 4.98 Å². The first-order valence-corrected chi connectivity index (χ1v) is 6.72. The second-order valence-corrected chi connectivity index (χ2v) is 5.15. The monoisotopic (exact) mass is 288 g/mol. The number of carbonyl (C=O) groups excluding carboxylic acids is 1. The van der Waals surface area contributed by atoms with E-state index in [1.165, 1.54) is 0 Å². The molecule has 1 amide bonds. The van der Waals surface area contributed by atoms with Crippen molar-refractivity contribution in [2.45, 2.75) is 18.6 Å². The van der Waals surface area contributed by atoms with Crippen LogP contribution in [0.3, 0.4) is 0 Å². The summed E-state index contributed by atoms with van der Waals surface area (Å²) in [6, 6.07) is 12.2. The van der Waals surface area contributed by atoms with Gasteiger partial charge in [0.05, 0.1) is 12.1 Å². The molecule has 0 bridgehead atoms. The fourth-order valence-electron chi connectivity index (χ4n) is 2.50. The maximum absolute atomic E-state index is 12.2. The molecule has 5 heteroatoms. The van der Waals surface area contributed by atoms with Crippen LogP contribution in [-0.2, 0) is 6.42 Å². The van der Waals surface area contributed by atoms with Gasteiger partial charge in [-0.15, -0.1) is 0 Å². The molecule has 102 valence electrons. The maximum atomic E-state index is 12.2. The molecule has 1 aliphatic rings. The molecule has 2 atom stereocenters. The number of carbonyl (C=O) groups is 1. The second-order valence-electron chi connectivity index (χ2n) is 4.77. The molecule has 0 aliphatic heterocycles. The maximum Gasteiger partial charge on any atom is 0.270 e. The molecule has 3 rings (SSSR count). The van der Waals surface area contributed by atoms with E-state index in [1.54, 1.807) is 18.2 Å². The largest absolute Gasteiger partial charge is 0.390 e. The first-order valence-electron chi connectivity index (χ1n) is 6.34. The number of pyridine rings is 1. The van der Waals surface area contributed by atoms with Crippen molar-refractivity contribution in [3.8, 4) is 0 Å². The number of hydrogen-bond donors (Lipinski definition) is 2. The van der Waals surface area contributed by atoms with Crippen molar-refractivity contribution in [2.75, 3.05) is 0 Å². The topological polar surface area (TPSA) is 62.2 Å². The van der Waals surface area contributed by atoms with Gasteiger partial charge in [0.25, 0.3) is 5.91 Å². The first kappa shape index (κ1) is 13.1. The van der Waals surface area contributed by atoms with Crippen LogP contribution in [0.25, 0.3) is 0 Å². The smallest absolute Gasteiger partial charge is 0.270 e. The van der Waals surface area contributed by atoms with Crippen LogP contribution in [0.2, 0.25) is 5.15 Å². The fourth-order valence-corrected chi connectivity index (χ4v) is 2.66. The van der Waals surface area contributed by atoms with E-state index >= 15 is 0 Å². The van der Waals surface area contributed by atoms with E-state index in [-0.39, 0.29) is 16.8 Å². The third kappa shape index (κ3) is 2.40. The van der Waals surface area contributed by atoms with E-state index in [4.69, 9.17) is 11.6 Å². The summed E-state index contributed by atoms with van der Waals surface area (Å²) >= 11 is 5.77. The Morgan fingerprint density at radius 1 is 1.25 bits per heavy atom.